The number of amidine groups is 1. The number of esters is 1. The number of likely N-dealkylation sites (tertiary alicyclic amines) is 1. The molecule has 1 amide bonds. The van der Waals surface area contributed by atoms with Gasteiger partial charge in [-0.1, -0.05) is 66.7 Å². The van der Waals surface area contributed by atoms with Crippen molar-refractivity contribution in [1.29, 1.82) is 5.41 Å². The van der Waals surface area contributed by atoms with Gasteiger partial charge in [0.05, 0.1) is 13.0 Å². The number of nitrogens with two attached hydrogens (primary N) is 1. The van der Waals surface area contributed by atoms with Crippen LogP contribution < -0.4 is 5.73 Å². The van der Waals surface area contributed by atoms with Gasteiger partial charge in [-0.15, -0.1) is 0 Å². The van der Waals surface area contributed by atoms with Gasteiger partial charge in [-0.3, -0.25) is 10.2 Å². The number of nitrogens with zero attached hydrogens (tertiary/aromatic N) is 1. The summed E-state index contributed by atoms with van der Waals surface area (Å²) in [5.74, 6) is -1.26. The van der Waals surface area contributed by atoms with Crippen molar-refractivity contribution in [2.45, 2.75) is 11.8 Å². The van der Waals surface area contributed by atoms with Crippen molar-refractivity contribution in [1.82, 2.24) is 4.90 Å². The van der Waals surface area contributed by atoms with Gasteiger partial charge in [0, 0.05) is 30.5 Å². The van der Waals surface area contributed by atoms with Crippen LogP contribution in [0, 0.1) is 11.3 Å². The lowest BCUT2D eigenvalue weighted by Gasteiger charge is -2.19. The molecular weight excluding hydrogens is 442 g/mol. The summed E-state index contributed by atoms with van der Waals surface area (Å²) in [5.41, 5.74) is 11.7. The molecule has 3 aromatic carbocycles. The molecule has 1 heterocycles. The molecule has 7 heteroatoms. The predicted molar refractivity (Wildman–Crippen MR) is 132 cm³/mol. The standard InChI is InChI=1S/C28H27N3O4/c1-34-27(32)24-15-31(14-23(24)17-7-6-8-18(13-17)26(29)30)28(33)35-16-25-21-11-4-2-9-19(21)20-10-3-5-12-22(20)25/h2-13,23-25H,14-16H2,1H3,(H3,29,30)/t23-,24+/m0/s1. The van der Waals surface area contributed by atoms with Gasteiger partial charge in [0.15, 0.2) is 0 Å². The van der Waals surface area contributed by atoms with Gasteiger partial charge in [0.25, 0.3) is 0 Å². The van der Waals surface area contributed by atoms with E-state index in [1.807, 2.05) is 30.3 Å². The predicted octanol–water partition coefficient (Wildman–Crippen LogP) is 4.11. The van der Waals surface area contributed by atoms with Crippen LogP contribution in [0.15, 0.2) is 72.8 Å². The Labute approximate surface area is 204 Å². The van der Waals surface area contributed by atoms with E-state index in [-0.39, 0.29) is 36.8 Å². The van der Waals surface area contributed by atoms with Crippen LogP contribution in [0.25, 0.3) is 11.1 Å². The molecule has 1 aliphatic heterocycles. The summed E-state index contributed by atoms with van der Waals surface area (Å²) in [7, 11) is 1.35. The van der Waals surface area contributed by atoms with E-state index in [0.717, 1.165) is 16.7 Å². The van der Waals surface area contributed by atoms with Gasteiger partial charge < -0.3 is 20.1 Å². The molecule has 1 fully saturated rings. The lowest BCUT2D eigenvalue weighted by Crippen LogP contribution is -2.31. The first-order chi connectivity index (χ1) is 17.0. The third kappa shape index (κ3) is 4.14. The molecule has 0 aromatic heterocycles. The second-order valence-electron chi connectivity index (χ2n) is 8.98. The van der Waals surface area contributed by atoms with Crippen molar-refractivity contribution in [3.8, 4) is 11.1 Å². The highest BCUT2D eigenvalue weighted by atomic mass is 16.6. The van der Waals surface area contributed by atoms with E-state index in [2.05, 4.69) is 24.3 Å². The Balaban J connectivity index is 1.34. The van der Waals surface area contributed by atoms with Gasteiger partial charge in [-0.25, -0.2) is 4.79 Å². The summed E-state index contributed by atoms with van der Waals surface area (Å²) in [4.78, 5) is 27.3. The molecule has 0 spiro atoms. The molecule has 7 nitrogen and oxygen atoms in total. The van der Waals surface area contributed by atoms with Crippen molar-refractivity contribution in [3.63, 3.8) is 0 Å². The van der Waals surface area contributed by atoms with Crippen molar-refractivity contribution in [3.05, 3.63) is 95.1 Å². The minimum Gasteiger partial charge on any atom is -0.469 e. The highest BCUT2D eigenvalue weighted by molar-refractivity contribution is 5.95. The second-order valence-corrected chi connectivity index (χ2v) is 8.98. The topological polar surface area (TPSA) is 106 Å². The van der Waals surface area contributed by atoms with E-state index in [9.17, 15) is 9.59 Å². The minimum atomic E-state index is -0.525. The van der Waals surface area contributed by atoms with Crippen molar-refractivity contribution in [2.24, 2.45) is 11.7 Å². The zero-order chi connectivity index (χ0) is 24.5. The smallest absolute Gasteiger partial charge is 0.409 e. The zero-order valence-electron chi connectivity index (χ0n) is 19.4. The summed E-state index contributed by atoms with van der Waals surface area (Å²) in [6.45, 7) is 0.743. The second kappa shape index (κ2) is 9.25. The maximum Gasteiger partial charge on any atom is 0.409 e. The minimum absolute atomic E-state index is 0.0339. The van der Waals surface area contributed by atoms with E-state index >= 15 is 0 Å². The van der Waals surface area contributed by atoms with E-state index in [1.165, 1.54) is 18.2 Å². The number of benzene rings is 3. The summed E-state index contributed by atoms with van der Waals surface area (Å²) in [6.07, 6.45) is -0.453. The van der Waals surface area contributed by atoms with Crippen LogP contribution in [0.3, 0.4) is 0 Å². The highest BCUT2D eigenvalue weighted by Gasteiger charge is 2.42. The molecule has 2 atom stereocenters. The molecule has 2 aliphatic rings. The van der Waals surface area contributed by atoms with Gasteiger partial charge in [-0.2, -0.15) is 0 Å². The van der Waals surface area contributed by atoms with Crippen molar-refractivity contribution in [2.75, 3.05) is 26.8 Å². The quantitative estimate of drug-likeness (QED) is 0.332. The van der Waals surface area contributed by atoms with Crippen LogP contribution in [-0.2, 0) is 14.3 Å². The maximum absolute atomic E-state index is 13.1. The first kappa shape index (κ1) is 22.7. The van der Waals surface area contributed by atoms with Crippen LogP contribution in [0.1, 0.15) is 34.1 Å². The van der Waals surface area contributed by atoms with Crippen LogP contribution >= 0.6 is 0 Å². The van der Waals surface area contributed by atoms with Gasteiger partial charge in [0.1, 0.15) is 12.4 Å². The first-order valence-electron chi connectivity index (χ1n) is 11.6. The number of hydrogen-bond acceptors (Lipinski definition) is 5. The molecule has 1 saturated heterocycles. The summed E-state index contributed by atoms with van der Waals surface area (Å²) in [6, 6.07) is 23.6. The number of methoxy groups -OCH3 is 1. The van der Waals surface area contributed by atoms with Crippen LogP contribution in [0.2, 0.25) is 0 Å². The SMILES string of the molecule is COC(=O)[C@@H]1CN(C(=O)OCC2c3ccccc3-c3ccccc32)C[C@H]1c1cccc(C(=N)N)c1. The summed E-state index contributed by atoms with van der Waals surface area (Å²) < 4.78 is 10.8. The average molecular weight is 470 g/mol. The molecule has 0 bridgehead atoms. The number of fused-ring (bicyclic) bond motifs is 3. The summed E-state index contributed by atoms with van der Waals surface area (Å²) >= 11 is 0. The average Bonchev–Trinajstić information content (AvgIpc) is 3.47. The molecule has 35 heavy (non-hydrogen) atoms. The molecule has 178 valence electrons. The lowest BCUT2D eigenvalue weighted by molar-refractivity contribution is -0.145. The lowest BCUT2D eigenvalue weighted by atomic mass is 9.88. The monoisotopic (exact) mass is 469 g/mol. The van der Waals surface area contributed by atoms with Crippen LogP contribution in [-0.4, -0.2) is 49.6 Å². The van der Waals surface area contributed by atoms with E-state index in [1.54, 1.807) is 23.1 Å². The number of nitrogens with one attached hydrogen (secondary N) is 1. The van der Waals surface area contributed by atoms with E-state index in [4.69, 9.17) is 20.6 Å². The number of carbonyl (C=O) groups excluding carboxylic acids is 2. The Morgan fingerprint density at radius 2 is 1.63 bits per heavy atom. The number of carbonyl (C=O) groups is 2. The maximum atomic E-state index is 13.1. The number of nitrogen functional groups attached to an aromatic ring is 1. The fourth-order valence-electron chi connectivity index (χ4n) is 5.30. The third-order valence-electron chi connectivity index (χ3n) is 7.04. The number of hydrogen-bond donors (Lipinski definition) is 2. The third-order valence-corrected chi connectivity index (χ3v) is 7.04. The van der Waals surface area contributed by atoms with Gasteiger partial charge in [0.2, 0.25) is 0 Å². The largest absolute Gasteiger partial charge is 0.469 e. The summed E-state index contributed by atoms with van der Waals surface area (Å²) in [5, 5.41) is 7.72. The molecule has 5 rings (SSSR count). The normalized spacial score (nSPS) is 18.6. The molecule has 0 saturated carbocycles. The Morgan fingerprint density at radius 1 is 0.971 bits per heavy atom. The Hall–Kier alpha value is -4.13. The molecule has 1 aliphatic carbocycles. The fraction of sp³-hybridized carbons (Fsp3) is 0.250. The Kier molecular flexibility index (Phi) is 5.99. The Bertz CT molecular complexity index is 1260. The number of amides is 1. The Morgan fingerprint density at radius 3 is 2.26 bits per heavy atom. The zero-order valence-corrected chi connectivity index (χ0v) is 19.4. The molecule has 3 N–H and O–H groups in total. The first-order valence-corrected chi connectivity index (χ1v) is 11.6. The fourth-order valence-corrected chi connectivity index (χ4v) is 5.30. The number of rotatable bonds is 5. The van der Waals surface area contributed by atoms with E-state index < -0.39 is 12.0 Å². The highest BCUT2D eigenvalue weighted by Crippen LogP contribution is 2.44. The van der Waals surface area contributed by atoms with Gasteiger partial charge >= 0.3 is 12.1 Å². The molecule has 3 aromatic rings. The van der Waals surface area contributed by atoms with Crippen molar-refractivity contribution >= 4 is 17.9 Å². The van der Waals surface area contributed by atoms with Crippen LogP contribution in [0.4, 0.5) is 4.79 Å². The molecular formula is C28H27N3O4. The molecule has 0 unspecified atom stereocenters. The van der Waals surface area contributed by atoms with Crippen molar-refractivity contribution < 1.29 is 19.1 Å². The molecule has 0 radical (unpaired) electrons. The van der Waals surface area contributed by atoms with Crippen LogP contribution in [0.5, 0.6) is 0 Å². The van der Waals surface area contributed by atoms with E-state index in [0.29, 0.717) is 12.1 Å². The van der Waals surface area contributed by atoms with Gasteiger partial charge in [-0.05, 0) is 33.9 Å². The number of ether oxygens (including phenoxy) is 2.